The van der Waals surface area contributed by atoms with E-state index in [2.05, 4.69) is 6.07 Å². The van der Waals surface area contributed by atoms with E-state index in [1.54, 1.807) is 34.7 Å². The van der Waals surface area contributed by atoms with Gasteiger partial charge in [-0.3, -0.25) is 4.79 Å². The van der Waals surface area contributed by atoms with E-state index in [0.29, 0.717) is 23.6 Å². The third-order valence-electron chi connectivity index (χ3n) is 5.03. The normalized spacial score (nSPS) is 15.6. The van der Waals surface area contributed by atoms with Crippen molar-refractivity contribution < 1.29 is 9.15 Å². The van der Waals surface area contributed by atoms with Gasteiger partial charge in [-0.2, -0.15) is 5.26 Å². The van der Waals surface area contributed by atoms with Crippen LogP contribution in [0.3, 0.4) is 0 Å². The second kappa shape index (κ2) is 7.57. The second-order valence-electron chi connectivity index (χ2n) is 6.73. The molecule has 1 aromatic carbocycles. The zero-order valence-electron chi connectivity index (χ0n) is 16.0. The van der Waals surface area contributed by atoms with E-state index in [0.717, 1.165) is 16.2 Å². The molecule has 0 unspecified atom stereocenters. The lowest BCUT2D eigenvalue weighted by Gasteiger charge is -2.27. The molecule has 0 bridgehead atoms. The van der Waals surface area contributed by atoms with Crippen LogP contribution in [0.4, 0.5) is 0 Å². The van der Waals surface area contributed by atoms with Crippen molar-refractivity contribution in [2.45, 2.75) is 24.3 Å². The van der Waals surface area contributed by atoms with Gasteiger partial charge in [-0.1, -0.05) is 12.1 Å². The number of fused-ring (bicyclic) bond motifs is 1. The molecule has 1 aliphatic heterocycles. The summed E-state index contributed by atoms with van der Waals surface area (Å²) in [5.41, 5.74) is 7.99. The summed E-state index contributed by atoms with van der Waals surface area (Å²) < 4.78 is 12.7. The molecule has 0 saturated carbocycles. The summed E-state index contributed by atoms with van der Waals surface area (Å²) in [7, 11) is 0. The molecule has 3 heterocycles. The molecule has 0 fully saturated rings. The summed E-state index contributed by atoms with van der Waals surface area (Å²) in [6.45, 7) is 2.13. The molecule has 1 aliphatic rings. The number of benzene rings is 1. The highest BCUT2D eigenvalue weighted by Gasteiger charge is 2.34. The average Bonchev–Trinajstić information content (AvgIpc) is 3.23. The van der Waals surface area contributed by atoms with Crippen LogP contribution >= 0.6 is 11.8 Å². The SMILES string of the molecule is CSc1ccc([C@H]2C(C#N)=C(N)Oc3cc(C)n(Cc4ccco4)c(=O)c32)cc1. The Balaban J connectivity index is 1.92. The number of nitrogens with zero attached hydrogens (tertiary/aromatic N) is 2. The smallest absolute Gasteiger partial charge is 0.259 e. The molecule has 3 aromatic rings. The number of hydrogen-bond donors (Lipinski definition) is 1. The van der Waals surface area contributed by atoms with Crippen molar-refractivity contribution in [2.24, 2.45) is 5.73 Å². The number of thioether (sulfide) groups is 1. The number of ether oxygens (including phenoxy) is 1. The van der Waals surface area contributed by atoms with Crippen molar-refractivity contribution in [2.75, 3.05) is 6.26 Å². The number of allylic oxidation sites excluding steroid dienone is 1. The van der Waals surface area contributed by atoms with Gasteiger partial charge >= 0.3 is 0 Å². The standard InChI is InChI=1S/C22H19N3O3S/c1-13-10-18-20(22(26)25(13)12-15-4-3-9-27-15)19(17(11-23)21(24)28-18)14-5-7-16(29-2)8-6-14/h3-10,19H,12,24H2,1-2H3/t19-/m0/s1. The summed E-state index contributed by atoms with van der Waals surface area (Å²) in [6, 6.07) is 15.3. The van der Waals surface area contributed by atoms with E-state index in [1.807, 2.05) is 43.5 Å². The van der Waals surface area contributed by atoms with Gasteiger partial charge in [0.05, 0.1) is 24.3 Å². The van der Waals surface area contributed by atoms with Crippen LogP contribution in [0.5, 0.6) is 5.75 Å². The summed E-state index contributed by atoms with van der Waals surface area (Å²) in [6.07, 6.45) is 3.57. The first-order valence-corrected chi connectivity index (χ1v) is 10.2. The van der Waals surface area contributed by atoms with Crippen LogP contribution < -0.4 is 16.0 Å². The first kappa shape index (κ1) is 19.0. The molecule has 0 saturated heterocycles. The third kappa shape index (κ3) is 3.32. The summed E-state index contributed by atoms with van der Waals surface area (Å²) >= 11 is 1.62. The summed E-state index contributed by atoms with van der Waals surface area (Å²) in [4.78, 5) is 14.6. The van der Waals surface area contributed by atoms with E-state index < -0.39 is 5.92 Å². The predicted octanol–water partition coefficient (Wildman–Crippen LogP) is 3.74. The van der Waals surface area contributed by atoms with Crippen LogP contribution in [-0.2, 0) is 6.54 Å². The van der Waals surface area contributed by atoms with E-state index in [9.17, 15) is 10.1 Å². The monoisotopic (exact) mass is 405 g/mol. The maximum Gasteiger partial charge on any atom is 0.259 e. The van der Waals surface area contributed by atoms with Gasteiger partial charge < -0.3 is 19.5 Å². The van der Waals surface area contributed by atoms with Gasteiger partial charge in [0, 0.05) is 16.7 Å². The van der Waals surface area contributed by atoms with Crippen molar-refractivity contribution in [1.29, 1.82) is 5.26 Å². The minimum atomic E-state index is -0.587. The average molecular weight is 405 g/mol. The molecule has 2 aromatic heterocycles. The van der Waals surface area contributed by atoms with E-state index in [4.69, 9.17) is 14.9 Å². The molecule has 0 aliphatic carbocycles. The van der Waals surface area contributed by atoms with Crippen LogP contribution in [0.15, 0.2) is 74.3 Å². The first-order chi connectivity index (χ1) is 14.0. The molecule has 0 amide bonds. The van der Waals surface area contributed by atoms with Gasteiger partial charge in [0.25, 0.3) is 5.56 Å². The molecule has 4 rings (SSSR count). The molecule has 146 valence electrons. The molecular weight excluding hydrogens is 386 g/mol. The van der Waals surface area contributed by atoms with Crippen LogP contribution in [-0.4, -0.2) is 10.8 Å². The molecular formula is C22H19N3O3S. The fourth-order valence-corrected chi connectivity index (χ4v) is 3.98. The molecule has 29 heavy (non-hydrogen) atoms. The minimum Gasteiger partial charge on any atom is -0.467 e. The lowest BCUT2D eigenvalue weighted by molar-refractivity contribution is 0.387. The number of aryl methyl sites for hydroxylation is 1. The number of furan rings is 1. The Morgan fingerprint density at radius 3 is 2.66 bits per heavy atom. The van der Waals surface area contributed by atoms with Gasteiger partial charge in [-0.15, -0.1) is 11.8 Å². The molecule has 1 atom stereocenters. The van der Waals surface area contributed by atoms with Gasteiger partial charge in [-0.05, 0) is 43.0 Å². The maximum atomic E-state index is 13.5. The van der Waals surface area contributed by atoms with Gasteiger partial charge in [0.15, 0.2) is 0 Å². The highest BCUT2D eigenvalue weighted by molar-refractivity contribution is 7.98. The van der Waals surface area contributed by atoms with Crippen molar-refractivity contribution in [3.8, 4) is 11.8 Å². The first-order valence-electron chi connectivity index (χ1n) is 9.01. The van der Waals surface area contributed by atoms with Crippen LogP contribution in [0.2, 0.25) is 0 Å². The highest BCUT2D eigenvalue weighted by atomic mass is 32.2. The predicted molar refractivity (Wildman–Crippen MR) is 111 cm³/mol. The Bertz CT molecular complexity index is 1190. The molecule has 6 nitrogen and oxygen atoms in total. The highest BCUT2D eigenvalue weighted by Crippen LogP contribution is 2.40. The number of nitriles is 1. The Kier molecular flexibility index (Phi) is 4.95. The Labute approximate surface area is 172 Å². The fourth-order valence-electron chi connectivity index (χ4n) is 3.57. The topological polar surface area (TPSA) is 94.2 Å². The Morgan fingerprint density at radius 2 is 2.03 bits per heavy atom. The lowest BCUT2D eigenvalue weighted by atomic mass is 9.84. The minimum absolute atomic E-state index is 0.0292. The summed E-state index contributed by atoms with van der Waals surface area (Å²) in [5, 5.41) is 9.75. The van der Waals surface area contributed by atoms with E-state index in [1.165, 1.54) is 0 Å². The van der Waals surface area contributed by atoms with Gasteiger partial charge in [0.2, 0.25) is 5.88 Å². The molecule has 0 radical (unpaired) electrons. The van der Waals surface area contributed by atoms with Crippen LogP contribution in [0.1, 0.15) is 28.5 Å². The number of aromatic nitrogens is 1. The van der Waals surface area contributed by atoms with Crippen LogP contribution in [0.25, 0.3) is 0 Å². The second-order valence-corrected chi connectivity index (χ2v) is 7.61. The van der Waals surface area contributed by atoms with E-state index in [-0.39, 0.29) is 17.0 Å². The van der Waals surface area contributed by atoms with Crippen molar-refractivity contribution in [3.63, 3.8) is 0 Å². The molecule has 2 N–H and O–H groups in total. The van der Waals surface area contributed by atoms with Gasteiger partial charge in [0.1, 0.15) is 23.2 Å². The largest absolute Gasteiger partial charge is 0.467 e. The number of nitrogens with two attached hydrogens (primary N) is 1. The Morgan fingerprint density at radius 1 is 1.28 bits per heavy atom. The number of rotatable bonds is 4. The third-order valence-corrected chi connectivity index (χ3v) is 5.78. The maximum absolute atomic E-state index is 13.5. The van der Waals surface area contributed by atoms with Crippen molar-refractivity contribution in [1.82, 2.24) is 4.57 Å². The van der Waals surface area contributed by atoms with Crippen molar-refractivity contribution in [3.05, 3.63) is 93.1 Å². The Hall–Kier alpha value is -3.37. The zero-order valence-corrected chi connectivity index (χ0v) is 16.8. The van der Waals surface area contributed by atoms with E-state index >= 15 is 0 Å². The molecule has 0 spiro atoms. The quantitative estimate of drug-likeness (QED) is 0.665. The molecule has 7 heteroatoms. The fraction of sp³-hybridized carbons (Fsp3) is 0.182. The summed E-state index contributed by atoms with van der Waals surface area (Å²) in [5.74, 6) is 0.499. The van der Waals surface area contributed by atoms with Crippen LogP contribution in [0, 0.1) is 18.3 Å². The van der Waals surface area contributed by atoms with Gasteiger partial charge in [-0.25, -0.2) is 0 Å². The van der Waals surface area contributed by atoms with Crippen molar-refractivity contribution >= 4 is 11.8 Å². The number of pyridine rings is 1. The number of hydrogen-bond acceptors (Lipinski definition) is 6. The lowest BCUT2D eigenvalue weighted by Crippen LogP contribution is -2.33. The zero-order chi connectivity index (χ0) is 20.5.